The first-order chi connectivity index (χ1) is 13.0. The molecule has 0 N–H and O–H groups in total. The number of para-hydroxylation sites is 2. The summed E-state index contributed by atoms with van der Waals surface area (Å²) in [6.45, 7) is 6.15. The molecule has 4 rings (SSSR count). The number of aryl methyl sites for hydroxylation is 1. The Morgan fingerprint density at radius 1 is 0.963 bits per heavy atom. The van der Waals surface area contributed by atoms with E-state index in [9.17, 15) is 9.59 Å². The number of carbonyl (C=O) groups is 2. The van der Waals surface area contributed by atoms with Crippen LogP contribution in [0.3, 0.4) is 0 Å². The second-order valence-electron chi connectivity index (χ2n) is 7.71. The molecule has 5 nitrogen and oxygen atoms in total. The number of imide groups is 1. The zero-order valence-electron chi connectivity index (χ0n) is 15.8. The van der Waals surface area contributed by atoms with Crippen LogP contribution >= 0.6 is 0 Å². The topological polar surface area (TPSA) is 49.9 Å². The normalized spacial score (nSPS) is 24.8. The van der Waals surface area contributed by atoms with Crippen molar-refractivity contribution < 1.29 is 14.4 Å². The minimum atomic E-state index is -0.763. The summed E-state index contributed by atoms with van der Waals surface area (Å²) in [6.07, 6.45) is 0.0116. The average Bonchev–Trinajstić information content (AvgIpc) is 3.13. The molecule has 2 aromatic carbocycles. The molecule has 0 spiro atoms. The minimum absolute atomic E-state index is 0.164. The zero-order valence-corrected chi connectivity index (χ0v) is 15.8. The van der Waals surface area contributed by atoms with Crippen LogP contribution in [0, 0.1) is 18.8 Å². The Morgan fingerprint density at radius 3 is 2.30 bits per heavy atom. The molecule has 5 heteroatoms. The van der Waals surface area contributed by atoms with E-state index in [1.807, 2.05) is 61.5 Å². The zero-order chi connectivity index (χ0) is 19.1. The molecule has 0 unspecified atom stereocenters. The maximum Gasteiger partial charge on any atom is 0.266 e. The Balaban J connectivity index is 1.71. The first-order valence-electron chi connectivity index (χ1n) is 9.43. The maximum absolute atomic E-state index is 13.3. The van der Waals surface area contributed by atoms with Crippen LogP contribution in [0.15, 0.2) is 54.6 Å². The van der Waals surface area contributed by atoms with Crippen LogP contribution in [0.5, 0.6) is 0 Å². The van der Waals surface area contributed by atoms with E-state index < -0.39 is 12.0 Å². The lowest BCUT2D eigenvalue weighted by molar-refractivity contribution is -0.126. The fraction of sp³-hybridized carbons (Fsp3) is 0.364. The number of hydrogen-bond acceptors (Lipinski definition) is 4. The number of benzene rings is 2. The number of rotatable bonds is 4. The molecule has 0 aliphatic carbocycles. The first kappa shape index (κ1) is 17.7. The Bertz CT molecular complexity index is 865. The van der Waals surface area contributed by atoms with Crippen molar-refractivity contribution in [3.8, 4) is 0 Å². The van der Waals surface area contributed by atoms with Crippen LogP contribution in [-0.2, 0) is 14.4 Å². The quantitative estimate of drug-likeness (QED) is 0.776. The molecule has 2 fully saturated rings. The number of hydroxylamine groups is 1. The van der Waals surface area contributed by atoms with Crippen LogP contribution in [0.4, 0.5) is 11.4 Å². The summed E-state index contributed by atoms with van der Waals surface area (Å²) in [5.41, 5.74) is 2.43. The van der Waals surface area contributed by atoms with Crippen LogP contribution in [0.2, 0.25) is 0 Å². The van der Waals surface area contributed by atoms with Crippen LogP contribution in [-0.4, -0.2) is 24.0 Å². The van der Waals surface area contributed by atoms with Gasteiger partial charge in [-0.3, -0.25) is 14.4 Å². The Kier molecular flexibility index (Phi) is 4.48. The monoisotopic (exact) mass is 364 g/mol. The van der Waals surface area contributed by atoms with Gasteiger partial charge in [-0.1, -0.05) is 50.2 Å². The van der Waals surface area contributed by atoms with Crippen LogP contribution < -0.4 is 9.96 Å². The molecule has 2 aliphatic rings. The predicted molar refractivity (Wildman–Crippen MR) is 104 cm³/mol. The van der Waals surface area contributed by atoms with Gasteiger partial charge in [0.1, 0.15) is 0 Å². The average molecular weight is 364 g/mol. The molecule has 2 heterocycles. The Hall–Kier alpha value is -2.66. The molecule has 0 bridgehead atoms. The molecular formula is C22H24N2O3. The van der Waals surface area contributed by atoms with E-state index in [1.165, 1.54) is 4.90 Å². The van der Waals surface area contributed by atoms with Gasteiger partial charge in [-0.25, -0.2) is 9.96 Å². The third-order valence-corrected chi connectivity index (χ3v) is 5.32. The highest BCUT2D eigenvalue weighted by Gasteiger charge is 2.59. The summed E-state index contributed by atoms with van der Waals surface area (Å²) in [5, 5.41) is 1.78. The Labute approximate surface area is 159 Å². The molecule has 2 saturated heterocycles. The first-order valence-corrected chi connectivity index (χ1v) is 9.43. The molecule has 3 atom stereocenters. The van der Waals surface area contributed by atoms with Crippen LogP contribution in [0.1, 0.15) is 25.8 Å². The summed E-state index contributed by atoms with van der Waals surface area (Å²) >= 11 is 0. The molecule has 140 valence electrons. The Morgan fingerprint density at radius 2 is 1.63 bits per heavy atom. The number of hydrogen-bond donors (Lipinski definition) is 0. The number of anilines is 2. The van der Waals surface area contributed by atoms with Gasteiger partial charge < -0.3 is 0 Å². The highest BCUT2D eigenvalue weighted by atomic mass is 16.7. The third kappa shape index (κ3) is 2.92. The van der Waals surface area contributed by atoms with Gasteiger partial charge in [0, 0.05) is 0 Å². The van der Waals surface area contributed by atoms with E-state index in [0.29, 0.717) is 11.6 Å². The summed E-state index contributed by atoms with van der Waals surface area (Å²) in [4.78, 5) is 33.8. The lowest BCUT2D eigenvalue weighted by atomic mass is 9.90. The molecule has 27 heavy (non-hydrogen) atoms. The number of carbonyl (C=O) groups excluding carboxylic acids is 2. The molecule has 0 aromatic heterocycles. The van der Waals surface area contributed by atoms with Gasteiger partial charge in [-0.05, 0) is 43.0 Å². The van der Waals surface area contributed by atoms with Crippen molar-refractivity contribution in [2.75, 3.05) is 9.96 Å². The lowest BCUT2D eigenvalue weighted by Crippen LogP contribution is -2.41. The highest BCUT2D eigenvalue weighted by molar-refractivity contribution is 6.24. The molecule has 0 radical (unpaired) electrons. The molecule has 2 amide bonds. The highest BCUT2D eigenvalue weighted by Crippen LogP contribution is 2.42. The number of nitrogens with zero attached hydrogens (tertiary/aromatic N) is 2. The maximum atomic E-state index is 13.3. The van der Waals surface area contributed by atoms with Crippen molar-refractivity contribution in [2.45, 2.75) is 39.3 Å². The van der Waals surface area contributed by atoms with Crippen molar-refractivity contribution in [2.24, 2.45) is 11.8 Å². The van der Waals surface area contributed by atoms with E-state index in [1.54, 1.807) is 5.06 Å². The SMILES string of the molecule is Cc1ccccc1N1C(=O)[C@@H]2[C@H](ON(c3ccccc3)[C@H]2CC(C)C)C1=O. The van der Waals surface area contributed by atoms with E-state index in [-0.39, 0.29) is 17.9 Å². The van der Waals surface area contributed by atoms with Gasteiger partial charge in [0.15, 0.2) is 6.10 Å². The summed E-state index contributed by atoms with van der Waals surface area (Å²) in [7, 11) is 0. The fourth-order valence-electron chi connectivity index (χ4n) is 4.10. The second-order valence-corrected chi connectivity index (χ2v) is 7.71. The van der Waals surface area contributed by atoms with Crippen molar-refractivity contribution >= 4 is 23.2 Å². The summed E-state index contributed by atoms with van der Waals surface area (Å²) in [5.74, 6) is -0.548. The summed E-state index contributed by atoms with van der Waals surface area (Å²) < 4.78 is 0. The third-order valence-electron chi connectivity index (χ3n) is 5.32. The second kappa shape index (κ2) is 6.82. The van der Waals surface area contributed by atoms with Crippen molar-refractivity contribution in [3.63, 3.8) is 0 Å². The van der Waals surface area contributed by atoms with Gasteiger partial charge in [-0.15, -0.1) is 0 Å². The summed E-state index contributed by atoms with van der Waals surface area (Å²) in [6, 6.07) is 17.0. The largest absolute Gasteiger partial charge is 0.273 e. The molecule has 2 aliphatic heterocycles. The number of amides is 2. The van der Waals surface area contributed by atoms with Crippen molar-refractivity contribution in [3.05, 3.63) is 60.2 Å². The lowest BCUT2D eigenvalue weighted by Gasteiger charge is -2.29. The van der Waals surface area contributed by atoms with E-state index in [0.717, 1.165) is 17.7 Å². The predicted octanol–water partition coefficient (Wildman–Crippen LogP) is 3.72. The van der Waals surface area contributed by atoms with Gasteiger partial charge >= 0.3 is 0 Å². The van der Waals surface area contributed by atoms with Crippen LogP contribution in [0.25, 0.3) is 0 Å². The molecule has 2 aromatic rings. The standard InChI is InChI=1S/C22H24N2O3/c1-14(2)13-18-19-20(27-24(18)16-10-5-4-6-11-16)22(26)23(21(19)25)17-12-8-7-9-15(17)3/h4-12,14,18-20H,13H2,1-3H3/t18-,19-,20-/m0/s1. The number of fused-ring (bicyclic) bond motifs is 1. The van der Waals surface area contributed by atoms with Gasteiger partial charge in [0.2, 0.25) is 5.91 Å². The molecule has 0 saturated carbocycles. The van der Waals surface area contributed by atoms with Crippen molar-refractivity contribution in [1.29, 1.82) is 0 Å². The fourth-order valence-corrected chi connectivity index (χ4v) is 4.10. The van der Waals surface area contributed by atoms with E-state index in [2.05, 4.69) is 13.8 Å². The minimum Gasteiger partial charge on any atom is -0.273 e. The van der Waals surface area contributed by atoms with Gasteiger partial charge in [0.25, 0.3) is 5.91 Å². The van der Waals surface area contributed by atoms with E-state index >= 15 is 0 Å². The molecular weight excluding hydrogens is 340 g/mol. The van der Waals surface area contributed by atoms with Crippen molar-refractivity contribution in [1.82, 2.24) is 0 Å². The van der Waals surface area contributed by atoms with Gasteiger partial charge in [-0.2, -0.15) is 0 Å². The van der Waals surface area contributed by atoms with E-state index in [4.69, 9.17) is 4.84 Å². The smallest absolute Gasteiger partial charge is 0.266 e. The van der Waals surface area contributed by atoms with Gasteiger partial charge in [0.05, 0.1) is 23.3 Å².